The zero-order valence-corrected chi connectivity index (χ0v) is 20.7. The molecule has 1 spiro atoms. The third kappa shape index (κ3) is 6.54. The Kier molecular flexibility index (Phi) is 10.4. The van der Waals surface area contributed by atoms with E-state index in [2.05, 4.69) is 20.3 Å². The van der Waals surface area contributed by atoms with E-state index in [1.54, 1.807) is 0 Å². The molecule has 0 bridgehead atoms. The van der Waals surface area contributed by atoms with Gasteiger partial charge in [0.2, 0.25) is 11.7 Å². The molecule has 2 saturated heterocycles. The minimum atomic E-state index is -2.88. The molecule has 2 aliphatic rings. The molecule has 186 valence electrons. The van der Waals surface area contributed by atoms with Gasteiger partial charge in [-0.2, -0.15) is 4.98 Å². The van der Waals surface area contributed by atoms with Crippen molar-refractivity contribution < 1.29 is 18.0 Å². The van der Waals surface area contributed by atoms with Crippen molar-refractivity contribution >= 4 is 30.0 Å². The normalized spacial score (nSPS) is 15.7. The number of nitrogens with one attached hydrogen (secondary N) is 1. The van der Waals surface area contributed by atoms with E-state index in [1.165, 1.54) is 18.3 Å². The number of aryl methyl sites for hydroxylation is 1. The molecular weight excluding hydrogens is 467 g/mol. The van der Waals surface area contributed by atoms with Crippen molar-refractivity contribution in [2.24, 2.45) is 10.4 Å². The molecule has 0 atom stereocenters. The number of nitrogens with zero attached hydrogens (tertiary/aromatic N) is 4. The molecule has 2 fully saturated rings. The molecule has 0 unspecified atom stereocenters. The molecule has 34 heavy (non-hydrogen) atoms. The molecule has 1 aromatic heterocycles. The number of aliphatic imine (C=N–C) groups is 1. The van der Waals surface area contributed by atoms with Gasteiger partial charge in [-0.05, 0) is 24.4 Å². The Labute approximate surface area is 203 Å². The van der Waals surface area contributed by atoms with Crippen LogP contribution in [0.3, 0.4) is 0 Å². The van der Waals surface area contributed by atoms with E-state index in [0.29, 0.717) is 24.1 Å². The van der Waals surface area contributed by atoms with Gasteiger partial charge in [0.05, 0.1) is 11.3 Å². The predicted octanol–water partition coefficient (Wildman–Crippen LogP) is 5.16. The summed E-state index contributed by atoms with van der Waals surface area (Å²) in [6.45, 7) is 12.0. The fourth-order valence-corrected chi connectivity index (χ4v) is 3.99. The average Bonchev–Trinajstić information content (AvgIpc) is 2.78. The summed E-state index contributed by atoms with van der Waals surface area (Å²) in [5.74, 6) is -0.661. The number of likely N-dealkylation sites (tertiary alicyclic amines) is 1. The quantitative estimate of drug-likeness (QED) is 0.340. The number of alkyl halides is 2. The van der Waals surface area contributed by atoms with Gasteiger partial charge < -0.3 is 10.2 Å². The zero-order valence-electron chi connectivity index (χ0n) is 19.9. The summed E-state index contributed by atoms with van der Waals surface area (Å²) < 4.78 is 39.4. The van der Waals surface area contributed by atoms with E-state index in [1.807, 2.05) is 32.6 Å². The van der Waals surface area contributed by atoms with Crippen LogP contribution in [-0.4, -0.2) is 53.7 Å². The molecular formula is C24H31ClF3N5O. The maximum Gasteiger partial charge on any atom is 0.266 e. The Morgan fingerprint density at radius 2 is 1.88 bits per heavy atom. The second-order valence-electron chi connectivity index (χ2n) is 7.87. The van der Waals surface area contributed by atoms with Crippen molar-refractivity contribution in [1.82, 2.24) is 20.2 Å². The lowest BCUT2D eigenvalue weighted by atomic mass is 9.75. The molecule has 10 heteroatoms. The first-order chi connectivity index (χ1) is 16.3. The monoisotopic (exact) mass is 497 g/mol. The highest BCUT2D eigenvalue weighted by molar-refractivity contribution is 6.28. The van der Waals surface area contributed by atoms with Gasteiger partial charge >= 0.3 is 0 Å². The smallest absolute Gasteiger partial charge is 0.266 e. The summed E-state index contributed by atoms with van der Waals surface area (Å²) in [5.41, 5.74) is 1.39. The number of rotatable bonds is 6. The topological polar surface area (TPSA) is 70.5 Å². The highest BCUT2D eigenvalue weighted by Gasteiger charge is 2.46. The van der Waals surface area contributed by atoms with Crippen molar-refractivity contribution in [1.29, 1.82) is 0 Å². The molecule has 1 N–H and O–H groups in total. The molecule has 0 saturated carbocycles. The Bertz CT molecular complexity index is 991. The molecule has 1 amide bonds. The van der Waals surface area contributed by atoms with Crippen molar-refractivity contribution in [3.63, 3.8) is 0 Å². The number of hydrogen-bond donors (Lipinski definition) is 1. The van der Waals surface area contributed by atoms with Gasteiger partial charge in [0.1, 0.15) is 5.82 Å². The first kappa shape index (κ1) is 27.7. The maximum absolute atomic E-state index is 14.0. The second-order valence-corrected chi connectivity index (χ2v) is 8.21. The fourth-order valence-electron chi connectivity index (χ4n) is 3.81. The van der Waals surface area contributed by atoms with Crippen LogP contribution in [0.25, 0.3) is 0 Å². The average molecular weight is 498 g/mol. The van der Waals surface area contributed by atoms with Crippen LogP contribution in [-0.2, 0) is 17.6 Å². The lowest BCUT2D eigenvalue weighted by Gasteiger charge is -2.54. The molecule has 3 heterocycles. The van der Waals surface area contributed by atoms with Crippen LogP contribution in [0.1, 0.15) is 56.5 Å². The Hall–Kier alpha value is -2.52. The van der Waals surface area contributed by atoms with E-state index < -0.39 is 17.8 Å². The van der Waals surface area contributed by atoms with E-state index in [4.69, 9.17) is 11.6 Å². The Morgan fingerprint density at radius 3 is 2.38 bits per heavy atom. The molecule has 6 nitrogen and oxygen atoms in total. The number of aromatic nitrogens is 2. The van der Waals surface area contributed by atoms with Crippen LogP contribution < -0.4 is 5.32 Å². The first-order valence-corrected chi connectivity index (χ1v) is 11.8. The Morgan fingerprint density at radius 1 is 1.21 bits per heavy atom. The van der Waals surface area contributed by atoms with E-state index in [9.17, 15) is 18.0 Å². The van der Waals surface area contributed by atoms with Crippen molar-refractivity contribution in [3.8, 4) is 0 Å². The molecule has 4 rings (SSSR count). The number of benzene rings is 1. The summed E-state index contributed by atoms with van der Waals surface area (Å²) in [7, 11) is 0. The van der Waals surface area contributed by atoms with Crippen molar-refractivity contribution in [2.45, 2.75) is 47.0 Å². The maximum atomic E-state index is 14.0. The second kappa shape index (κ2) is 12.8. The van der Waals surface area contributed by atoms with Gasteiger partial charge in [-0.15, -0.1) is 0 Å². The standard InChI is InChI=1S/C16H15ClF3N3.C6H10N2O.C2H6/c1-3-10-12(4-2)22-16(17)23-15(10)21-8-9-6-5-7-11(13(9)18)14(19)20;9-5-8-3-6(4-8)1-7-2-6;1-2/h5-8,14H,3-4H2,1-2H3;5,7H,1-4H2;1-2H3. The van der Waals surface area contributed by atoms with Crippen molar-refractivity contribution in [3.05, 3.63) is 51.7 Å². The Balaban J connectivity index is 0.000000305. The number of carbonyl (C=O) groups is 1. The van der Waals surface area contributed by atoms with Crippen LogP contribution in [0.2, 0.25) is 5.28 Å². The van der Waals surface area contributed by atoms with E-state index >= 15 is 0 Å². The third-order valence-corrected chi connectivity index (χ3v) is 5.75. The minimum Gasteiger partial charge on any atom is -0.344 e. The van der Waals surface area contributed by atoms with Gasteiger partial charge in [0, 0.05) is 48.9 Å². The summed E-state index contributed by atoms with van der Waals surface area (Å²) in [4.78, 5) is 24.3. The molecule has 0 aliphatic carbocycles. The largest absolute Gasteiger partial charge is 0.344 e. The van der Waals surface area contributed by atoms with Crippen LogP contribution in [0.5, 0.6) is 0 Å². The molecule has 2 aromatic rings. The predicted molar refractivity (Wildman–Crippen MR) is 129 cm³/mol. The van der Waals surface area contributed by atoms with Crippen LogP contribution >= 0.6 is 11.6 Å². The fraction of sp³-hybridized carbons (Fsp3) is 0.500. The number of hydrogen-bond acceptors (Lipinski definition) is 5. The van der Waals surface area contributed by atoms with Gasteiger partial charge in [0.25, 0.3) is 6.43 Å². The summed E-state index contributed by atoms with van der Waals surface area (Å²) in [6, 6.07) is 3.78. The van der Waals surface area contributed by atoms with Gasteiger partial charge in [-0.3, -0.25) is 4.79 Å². The van der Waals surface area contributed by atoms with Gasteiger partial charge in [-0.25, -0.2) is 23.1 Å². The van der Waals surface area contributed by atoms with Crippen LogP contribution in [0.15, 0.2) is 23.2 Å². The first-order valence-electron chi connectivity index (χ1n) is 11.4. The molecule has 1 aromatic carbocycles. The molecule has 0 radical (unpaired) electrons. The molecule has 2 aliphatic heterocycles. The van der Waals surface area contributed by atoms with Crippen LogP contribution in [0, 0.1) is 11.2 Å². The van der Waals surface area contributed by atoms with E-state index in [-0.39, 0.29) is 10.8 Å². The lowest BCUT2D eigenvalue weighted by molar-refractivity contribution is -0.132. The van der Waals surface area contributed by atoms with Gasteiger partial charge in [0.15, 0.2) is 5.82 Å². The van der Waals surface area contributed by atoms with Crippen LogP contribution in [0.4, 0.5) is 19.0 Å². The minimum absolute atomic E-state index is 0.0300. The number of amides is 1. The summed E-state index contributed by atoms with van der Waals surface area (Å²) in [5, 5.41) is 3.26. The zero-order chi connectivity index (χ0) is 25.3. The SMILES string of the molecule is CC.CCc1nc(Cl)nc(N=Cc2cccc(C(F)F)c2F)c1CC.O=CN1CC2(CNC2)C1. The summed E-state index contributed by atoms with van der Waals surface area (Å²) in [6.07, 6.45) is 0.521. The number of carbonyl (C=O) groups excluding carboxylic acids is 1. The third-order valence-electron chi connectivity index (χ3n) is 5.58. The summed E-state index contributed by atoms with van der Waals surface area (Å²) >= 11 is 5.87. The highest BCUT2D eigenvalue weighted by Crippen LogP contribution is 2.32. The highest BCUT2D eigenvalue weighted by atomic mass is 35.5. The lowest BCUT2D eigenvalue weighted by Crippen LogP contribution is -2.70. The number of halogens is 4. The van der Waals surface area contributed by atoms with Gasteiger partial charge in [-0.1, -0.05) is 45.9 Å². The van der Waals surface area contributed by atoms with E-state index in [0.717, 1.165) is 49.9 Å². The van der Waals surface area contributed by atoms with Crippen molar-refractivity contribution in [2.75, 3.05) is 26.2 Å².